The molecule has 0 aromatic heterocycles. The molecule has 0 aliphatic rings. The molecule has 0 aliphatic carbocycles. The quantitative estimate of drug-likeness (QED) is 0.874. The first kappa shape index (κ1) is 15.6. The Morgan fingerprint density at radius 1 is 1.11 bits per heavy atom. The zero-order valence-corrected chi connectivity index (χ0v) is 11.8. The lowest BCUT2D eigenvalue weighted by molar-refractivity contribution is 0.0696. The van der Waals surface area contributed by atoms with Gasteiger partial charge in [0.2, 0.25) is 0 Å². The van der Waals surface area contributed by atoms with Crippen molar-refractivity contribution in [3.63, 3.8) is 0 Å². The fourth-order valence-electron chi connectivity index (χ4n) is 1.37. The van der Waals surface area contributed by atoms with Gasteiger partial charge in [-0.25, -0.2) is 4.79 Å². The predicted octanol–water partition coefficient (Wildman–Crippen LogP) is 4.91. The van der Waals surface area contributed by atoms with E-state index in [4.69, 9.17) is 33.0 Å². The second kappa shape index (κ2) is 6.66. The first-order chi connectivity index (χ1) is 8.56. The van der Waals surface area contributed by atoms with Crippen LogP contribution in [0.2, 0.25) is 10.0 Å². The normalized spacial score (nSPS) is 9.58. The molecule has 0 fully saturated rings. The van der Waals surface area contributed by atoms with Crippen LogP contribution in [0.4, 0.5) is 0 Å². The number of hydrogen-bond donors (Lipinski definition) is 1. The molecule has 100 valence electrons. The van der Waals surface area contributed by atoms with E-state index >= 15 is 0 Å². The Balaban J connectivity index is 0.00000180. The fourth-order valence-corrected chi connectivity index (χ4v) is 1.69. The summed E-state index contributed by atoms with van der Waals surface area (Å²) in [4.78, 5) is 10.8. The maximum absolute atomic E-state index is 10.8. The molecule has 2 aromatic carbocycles. The van der Waals surface area contributed by atoms with Crippen LogP contribution in [0.3, 0.4) is 0 Å². The van der Waals surface area contributed by atoms with E-state index in [-0.39, 0.29) is 18.0 Å². The van der Waals surface area contributed by atoms with Crippen molar-refractivity contribution in [2.75, 3.05) is 0 Å². The number of carboxylic acid groups (broad SMARTS) is 1. The lowest BCUT2D eigenvalue weighted by Crippen LogP contribution is -1.96. The maximum Gasteiger partial charge on any atom is 0.335 e. The second-order valence-electron chi connectivity index (χ2n) is 3.51. The molecule has 0 heterocycles. The summed E-state index contributed by atoms with van der Waals surface area (Å²) in [5, 5.41) is 9.76. The molecule has 0 radical (unpaired) electrons. The highest BCUT2D eigenvalue weighted by molar-refractivity contribution is 6.34. The highest BCUT2D eigenvalue weighted by Crippen LogP contribution is 2.32. The molecule has 2 rings (SSSR count). The van der Waals surface area contributed by atoms with Gasteiger partial charge in [0.25, 0.3) is 0 Å². The van der Waals surface area contributed by atoms with Gasteiger partial charge in [-0.2, -0.15) is 0 Å². The molecule has 0 saturated heterocycles. The largest absolute Gasteiger partial charge is 0.478 e. The van der Waals surface area contributed by atoms with Gasteiger partial charge in [0.05, 0.1) is 10.6 Å². The van der Waals surface area contributed by atoms with Gasteiger partial charge in [0.15, 0.2) is 0 Å². The molecule has 0 aliphatic heterocycles. The van der Waals surface area contributed by atoms with Crippen molar-refractivity contribution in [2.24, 2.45) is 0 Å². The molecule has 6 heteroatoms. The summed E-state index contributed by atoms with van der Waals surface area (Å²) in [5.41, 5.74) is 0.144. The standard InChI is InChI=1S/C13H8Cl2O3.ClH/c14-9-4-5-11(15)12(7-9)18-10-3-1-2-8(6-10)13(16)17;/h1-7H,(H,16,17);1H. The smallest absolute Gasteiger partial charge is 0.335 e. The van der Waals surface area contributed by atoms with Crippen molar-refractivity contribution in [3.8, 4) is 11.5 Å². The Bertz CT molecular complexity index is 599. The van der Waals surface area contributed by atoms with E-state index in [1.807, 2.05) is 0 Å². The van der Waals surface area contributed by atoms with Crippen LogP contribution in [-0.2, 0) is 0 Å². The van der Waals surface area contributed by atoms with Crippen molar-refractivity contribution in [1.82, 2.24) is 0 Å². The van der Waals surface area contributed by atoms with E-state index in [1.165, 1.54) is 12.1 Å². The van der Waals surface area contributed by atoms with Crippen molar-refractivity contribution in [1.29, 1.82) is 0 Å². The van der Waals surface area contributed by atoms with Crippen molar-refractivity contribution in [3.05, 3.63) is 58.1 Å². The Morgan fingerprint density at radius 2 is 1.84 bits per heavy atom. The molecule has 0 bridgehead atoms. The molecule has 19 heavy (non-hydrogen) atoms. The van der Waals surface area contributed by atoms with E-state index < -0.39 is 5.97 Å². The van der Waals surface area contributed by atoms with Crippen LogP contribution in [0, 0.1) is 0 Å². The average molecular weight is 320 g/mol. The zero-order chi connectivity index (χ0) is 13.1. The Labute approximate surface area is 126 Å². The van der Waals surface area contributed by atoms with Gasteiger partial charge < -0.3 is 9.84 Å². The summed E-state index contributed by atoms with van der Waals surface area (Å²) < 4.78 is 5.50. The third kappa shape index (κ3) is 4.03. The molecular weight excluding hydrogens is 310 g/mol. The van der Waals surface area contributed by atoms with Gasteiger partial charge in [-0.05, 0) is 30.3 Å². The summed E-state index contributed by atoms with van der Waals surface area (Å²) in [7, 11) is 0. The van der Waals surface area contributed by atoms with E-state index in [0.29, 0.717) is 21.5 Å². The van der Waals surface area contributed by atoms with Gasteiger partial charge in [0, 0.05) is 11.1 Å². The number of rotatable bonds is 3. The number of carbonyl (C=O) groups is 1. The molecule has 0 atom stereocenters. The van der Waals surface area contributed by atoms with Gasteiger partial charge in [0.1, 0.15) is 11.5 Å². The Morgan fingerprint density at radius 3 is 2.53 bits per heavy atom. The number of hydrogen-bond acceptors (Lipinski definition) is 2. The minimum Gasteiger partial charge on any atom is -0.478 e. The van der Waals surface area contributed by atoms with Crippen LogP contribution >= 0.6 is 35.6 Å². The van der Waals surface area contributed by atoms with Crippen LogP contribution in [0.15, 0.2) is 42.5 Å². The van der Waals surface area contributed by atoms with E-state index in [9.17, 15) is 4.79 Å². The number of carboxylic acids is 1. The zero-order valence-electron chi connectivity index (χ0n) is 9.47. The highest BCUT2D eigenvalue weighted by Gasteiger charge is 2.07. The van der Waals surface area contributed by atoms with E-state index in [0.717, 1.165) is 0 Å². The van der Waals surface area contributed by atoms with Crippen LogP contribution in [0.5, 0.6) is 11.5 Å². The number of ether oxygens (including phenoxy) is 1. The lowest BCUT2D eigenvalue weighted by atomic mass is 10.2. The van der Waals surface area contributed by atoms with Gasteiger partial charge in [-0.15, -0.1) is 12.4 Å². The van der Waals surface area contributed by atoms with E-state index in [1.54, 1.807) is 30.3 Å². The SMILES string of the molecule is Cl.O=C(O)c1cccc(Oc2cc(Cl)ccc2Cl)c1. The number of aromatic carboxylic acids is 1. The molecule has 2 aromatic rings. The first-order valence-electron chi connectivity index (χ1n) is 5.02. The highest BCUT2D eigenvalue weighted by atomic mass is 35.5. The first-order valence-corrected chi connectivity index (χ1v) is 5.78. The molecule has 0 amide bonds. The second-order valence-corrected chi connectivity index (χ2v) is 4.35. The molecule has 0 unspecified atom stereocenters. The van der Waals surface area contributed by atoms with Gasteiger partial charge in [-0.1, -0.05) is 29.3 Å². The number of benzene rings is 2. The van der Waals surface area contributed by atoms with Crippen molar-refractivity contribution < 1.29 is 14.6 Å². The minimum absolute atomic E-state index is 0. The summed E-state index contributed by atoms with van der Waals surface area (Å²) in [6.07, 6.45) is 0. The molecular formula is C13H9Cl3O3. The van der Waals surface area contributed by atoms with Crippen LogP contribution in [0.25, 0.3) is 0 Å². The average Bonchev–Trinajstić information content (AvgIpc) is 2.34. The third-order valence-electron chi connectivity index (χ3n) is 2.20. The summed E-state index contributed by atoms with van der Waals surface area (Å²) in [6.45, 7) is 0. The van der Waals surface area contributed by atoms with Crippen LogP contribution < -0.4 is 4.74 Å². The van der Waals surface area contributed by atoms with Gasteiger partial charge in [-0.3, -0.25) is 0 Å². The van der Waals surface area contributed by atoms with Crippen LogP contribution in [-0.4, -0.2) is 11.1 Å². The molecule has 1 N–H and O–H groups in total. The Hall–Kier alpha value is -1.42. The minimum atomic E-state index is -1.02. The predicted molar refractivity (Wildman–Crippen MR) is 77.2 cm³/mol. The van der Waals surface area contributed by atoms with Crippen molar-refractivity contribution >= 4 is 41.6 Å². The van der Waals surface area contributed by atoms with Crippen LogP contribution in [0.1, 0.15) is 10.4 Å². The number of halogens is 3. The summed E-state index contributed by atoms with van der Waals surface area (Å²) >= 11 is 11.8. The Kier molecular flexibility index (Phi) is 5.48. The van der Waals surface area contributed by atoms with Crippen molar-refractivity contribution in [2.45, 2.75) is 0 Å². The van der Waals surface area contributed by atoms with E-state index in [2.05, 4.69) is 0 Å². The molecule has 0 spiro atoms. The topological polar surface area (TPSA) is 46.5 Å². The summed E-state index contributed by atoms with van der Waals surface area (Å²) in [5.74, 6) is -0.247. The van der Waals surface area contributed by atoms with Gasteiger partial charge >= 0.3 is 5.97 Å². The third-order valence-corrected chi connectivity index (χ3v) is 2.75. The maximum atomic E-state index is 10.8. The molecule has 3 nitrogen and oxygen atoms in total. The molecule has 0 saturated carbocycles. The lowest BCUT2D eigenvalue weighted by Gasteiger charge is -2.08. The fraction of sp³-hybridized carbons (Fsp3) is 0. The summed E-state index contributed by atoms with van der Waals surface area (Å²) in [6, 6.07) is 11.0. The monoisotopic (exact) mass is 318 g/mol.